The second-order valence-electron chi connectivity index (χ2n) is 9.19. The van der Waals surface area contributed by atoms with E-state index in [4.69, 9.17) is 0 Å². The fraction of sp³-hybridized carbons (Fsp3) is 0.478. The zero-order valence-electron chi connectivity index (χ0n) is 17.5. The largest absolute Gasteiger partial charge is 0.416 e. The molecule has 3 aliphatic heterocycles. The van der Waals surface area contributed by atoms with Gasteiger partial charge in [-0.3, -0.25) is 19.6 Å². The van der Waals surface area contributed by atoms with Gasteiger partial charge in [0.25, 0.3) is 5.91 Å². The first-order valence-electron chi connectivity index (χ1n) is 10.8. The van der Waals surface area contributed by atoms with Gasteiger partial charge >= 0.3 is 6.18 Å². The van der Waals surface area contributed by atoms with Crippen molar-refractivity contribution < 1.29 is 23.1 Å². The molecular weight excluding hydrogens is 421 g/mol. The van der Waals surface area contributed by atoms with Crippen molar-refractivity contribution in [2.24, 2.45) is 0 Å². The molecule has 0 unspecified atom stereocenters. The van der Waals surface area contributed by atoms with Gasteiger partial charge in [0.2, 0.25) is 0 Å². The zero-order chi connectivity index (χ0) is 22.5. The van der Waals surface area contributed by atoms with Crippen molar-refractivity contribution in [3.63, 3.8) is 0 Å². The minimum atomic E-state index is -4.34. The van der Waals surface area contributed by atoms with Crippen LogP contribution in [0.25, 0.3) is 0 Å². The van der Waals surface area contributed by atoms with Crippen molar-refractivity contribution in [2.45, 2.75) is 36.8 Å². The van der Waals surface area contributed by atoms with Crippen molar-refractivity contribution in [3.8, 4) is 0 Å². The van der Waals surface area contributed by atoms with Crippen molar-refractivity contribution in [1.29, 1.82) is 0 Å². The van der Waals surface area contributed by atoms with Gasteiger partial charge in [-0.25, -0.2) is 0 Å². The van der Waals surface area contributed by atoms with Crippen LogP contribution in [0.1, 0.15) is 27.9 Å². The van der Waals surface area contributed by atoms with Gasteiger partial charge in [-0.1, -0.05) is 12.1 Å². The van der Waals surface area contributed by atoms with Crippen LogP contribution in [0.5, 0.6) is 0 Å². The van der Waals surface area contributed by atoms with Gasteiger partial charge in [0.15, 0.2) is 0 Å². The molecule has 32 heavy (non-hydrogen) atoms. The number of β-amino-alcohol motifs (C(OH)–C–C–N with tert-alkyl or cyclic N) is 1. The SMILES string of the molecule is O=C(c1cccnc1)N1C[C@@H]2C[C@@H](O)CN2C2(CN(Cc3ccc(C(F)(F)F)cc3)C2)C1. The second-order valence-corrected chi connectivity index (χ2v) is 9.19. The average Bonchev–Trinajstić information content (AvgIpc) is 3.13. The maximum Gasteiger partial charge on any atom is 0.416 e. The van der Waals surface area contributed by atoms with Gasteiger partial charge in [-0.15, -0.1) is 0 Å². The summed E-state index contributed by atoms with van der Waals surface area (Å²) < 4.78 is 38.4. The van der Waals surface area contributed by atoms with Gasteiger partial charge in [0.05, 0.1) is 22.8 Å². The Morgan fingerprint density at radius 2 is 1.88 bits per heavy atom. The lowest BCUT2D eigenvalue weighted by Crippen LogP contribution is -2.78. The minimum absolute atomic E-state index is 0.0558. The number of halogens is 3. The number of rotatable bonds is 3. The number of likely N-dealkylation sites (tertiary alicyclic amines) is 1. The molecule has 3 fully saturated rings. The molecule has 4 heterocycles. The molecule has 1 spiro atoms. The lowest BCUT2D eigenvalue weighted by Gasteiger charge is -2.61. The standard InChI is InChI=1S/C23H25F3N4O2/c24-23(25,26)18-5-3-16(4-6-18)10-28-13-22(14-28)15-29(11-19-8-20(31)12-30(19)22)21(32)17-2-1-7-27-9-17/h1-7,9,19-20,31H,8,10-15H2/t19-,20+/m0/s1. The van der Waals surface area contributed by atoms with Gasteiger partial charge in [-0.05, 0) is 36.2 Å². The Bertz CT molecular complexity index is 977. The number of carbonyl (C=O) groups excluding carboxylic acids is 1. The third-order valence-electron chi connectivity index (χ3n) is 6.84. The Morgan fingerprint density at radius 3 is 2.53 bits per heavy atom. The number of pyridine rings is 1. The van der Waals surface area contributed by atoms with Gasteiger partial charge in [0.1, 0.15) is 0 Å². The van der Waals surface area contributed by atoms with Crippen LogP contribution in [0, 0.1) is 0 Å². The highest BCUT2D eigenvalue weighted by atomic mass is 19.4. The van der Waals surface area contributed by atoms with Crippen LogP contribution in [-0.2, 0) is 12.7 Å². The highest BCUT2D eigenvalue weighted by Gasteiger charge is 2.56. The molecule has 0 radical (unpaired) electrons. The minimum Gasteiger partial charge on any atom is -0.392 e. The molecule has 5 rings (SSSR count). The molecule has 170 valence electrons. The molecule has 0 saturated carbocycles. The van der Waals surface area contributed by atoms with E-state index in [1.54, 1.807) is 24.5 Å². The van der Waals surface area contributed by atoms with Crippen LogP contribution in [0.4, 0.5) is 13.2 Å². The molecular formula is C23H25F3N4O2. The summed E-state index contributed by atoms with van der Waals surface area (Å²) in [5, 5.41) is 10.3. The molecule has 1 N–H and O–H groups in total. The number of benzene rings is 1. The maximum absolute atomic E-state index is 13.1. The summed E-state index contributed by atoms with van der Waals surface area (Å²) in [6.45, 7) is 3.69. The quantitative estimate of drug-likeness (QED) is 0.784. The summed E-state index contributed by atoms with van der Waals surface area (Å²) in [6, 6.07) is 8.89. The molecule has 9 heteroatoms. The first-order chi connectivity index (χ1) is 15.2. The van der Waals surface area contributed by atoms with E-state index in [2.05, 4.69) is 14.8 Å². The number of carbonyl (C=O) groups is 1. The van der Waals surface area contributed by atoms with Crippen molar-refractivity contribution in [1.82, 2.24) is 19.7 Å². The predicted octanol–water partition coefficient (Wildman–Crippen LogP) is 2.25. The monoisotopic (exact) mass is 446 g/mol. The Hall–Kier alpha value is -2.49. The Morgan fingerprint density at radius 1 is 1.12 bits per heavy atom. The summed E-state index contributed by atoms with van der Waals surface area (Å²) in [5.41, 5.74) is 0.483. The van der Waals surface area contributed by atoms with E-state index in [-0.39, 0.29) is 17.5 Å². The highest BCUT2D eigenvalue weighted by Crippen LogP contribution is 2.40. The van der Waals surface area contributed by atoms with Gasteiger partial charge in [0, 0.05) is 57.7 Å². The van der Waals surface area contributed by atoms with Gasteiger partial charge < -0.3 is 10.0 Å². The fourth-order valence-corrected chi connectivity index (χ4v) is 5.47. The maximum atomic E-state index is 13.1. The molecule has 3 aliphatic rings. The first-order valence-corrected chi connectivity index (χ1v) is 10.8. The summed E-state index contributed by atoms with van der Waals surface area (Å²) in [5.74, 6) is -0.0558. The van der Waals surface area contributed by atoms with Crippen LogP contribution in [-0.4, -0.2) is 81.1 Å². The van der Waals surface area contributed by atoms with Crippen LogP contribution in [0.15, 0.2) is 48.8 Å². The van der Waals surface area contributed by atoms with E-state index in [0.29, 0.717) is 51.3 Å². The lowest BCUT2D eigenvalue weighted by atomic mass is 9.83. The van der Waals surface area contributed by atoms with Crippen LogP contribution in [0.2, 0.25) is 0 Å². The number of aliphatic hydroxyl groups is 1. The second kappa shape index (κ2) is 7.83. The number of nitrogens with zero attached hydrogens (tertiary/aromatic N) is 4. The Labute approximate surface area is 184 Å². The van der Waals surface area contributed by atoms with Crippen LogP contribution >= 0.6 is 0 Å². The number of amides is 1. The molecule has 1 aromatic heterocycles. The Balaban J connectivity index is 1.29. The molecule has 1 aromatic carbocycles. The van der Waals surface area contributed by atoms with E-state index in [1.165, 1.54) is 12.1 Å². The number of aromatic nitrogens is 1. The molecule has 3 saturated heterocycles. The van der Waals surface area contributed by atoms with Crippen molar-refractivity contribution in [2.75, 3.05) is 32.7 Å². The third-order valence-corrected chi connectivity index (χ3v) is 6.84. The predicted molar refractivity (Wildman–Crippen MR) is 111 cm³/mol. The highest BCUT2D eigenvalue weighted by molar-refractivity contribution is 5.94. The van der Waals surface area contributed by atoms with E-state index in [9.17, 15) is 23.1 Å². The first kappa shape index (κ1) is 21.4. The van der Waals surface area contributed by atoms with E-state index >= 15 is 0 Å². The normalized spacial score (nSPS) is 25.6. The summed E-state index contributed by atoms with van der Waals surface area (Å²) >= 11 is 0. The van der Waals surface area contributed by atoms with E-state index in [1.807, 2.05) is 4.90 Å². The van der Waals surface area contributed by atoms with Crippen LogP contribution < -0.4 is 0 Å². The molecule has 1 amide bonds. The summed E-state index contributed by atoms with van der Waals surface area (Å²) in [6.07, 6.45) is -0.902. The molecule has 2 atom stereocenters. The number of hydrogen-bond donors (Lipinski definition) is 1. The topological polar surface area (TPSA) is 59.9 Å². The van der Waals surface area contributed by atoms with Crippen molar-refractivity contribution >= 4 is 5.91 Å². The molecule has 6 nitrogen and oxygen atoms in total. The smallest absolute Gasteiger partial charge is 0.392 e. The van der Waals surface area contributed by atoms with E-state index < -0.39 is 17.8 Å². The number of piperazine rings is 1. The average molecular weight is 446 g/mol. The summed E-state index contributed by atoms with van der Waals surface area (Å²) in [4.78, 5) is 23.5. The number of fused-ring (bicyclic) bond motifs is 2. The van der Waals surface area contributed by atoms with E-state index in [0.717, 1.165) is 17.7 Å². The number of aliphatic hydroxyl groups excluding tert-OH is 1. The number of hydrogen-bond acceptors (Lipinski definition) is 5. The lowest BCUT2D eigenvalue weighted by molar-refractivity contribution is -0.137. The fourth-order valence-electron chi connectivity index (χ4n) is 5.47. The summed E-state index contributed by atoms with van der Waals surface area (Å²) in [7, 11) is 0. The molecule has 2 aromatic rings. The molecule has 0 bridgehead atoms. The molecule has 0 aliphatic carbocycles. The Kier molecular flexibility index (Phi) is 5.22. The zero-order valence-corrected chi connectivity index (χ0v) is 17.5. The van der Waals surface area contributed by atoms with Crippen LogP contribution in [0.3, 0.4) is 0 Å². The van der Waals surface area contributed by atoms with Gasteiger partial charge in [-0.2, -0.15) is 13.2 Å². The third kappa shape index (κ3) is 3.89. The van der Waals surface area contributed by atoms with Crippen molar-refractivity contribution in [3.05, 3.63) is 65.5 Å². The number of alkyl halides is 3.